The number of benzene rings is 2. The molecule has 6 nitrogen and oxygen atoms in total. The van der Waals surface area contributed by atoms with E-state index in [4.69, 9.17) is 9.15 Å². The lowest BCUT2D eigenvalue weighted by Gasteiger charge is -2.25. The van der Waals surface area contributed by atoms with Gasteiger partial charge in [0.25, 0.3) is 0 Å². The molecule has 0 bridgehead atoms. The van der Waals surface area contributed by atoms with Crippen LogP contribution in [-0.2, 0) is 13.2 Å². The van der Waals surface area contributed by atoms with Crippen molar-refractivity contribution < 1.29 is 9.15 Å². The highest BCUT2D eigenvalue weighted by molar-refractivity contribution is 7.99. The van der Waals surface area contributed by atoms with Gasteiger partial charge in [0.05, 0.1) is 12.8 Å². The van der Waals surface area contributed by atoms with Crippen LogP contribution >= 0.6 is 11.8 Å². The molecule has 4 aromatic rings. The number of ether oxygens (including phenoxy) is 1. The number of hydrogen-bond acceptors (Lipinski definition) is 6. The first-order valence-electron chi connectivity index (χ1n) is 11.3. The van der Waals surface area contributed by atoms with Gasteiger partial charge in [0.2, 0.25) is 0 Å². The van der Waals surface area contributed by atoms with Gasteiger partial charge in [0, 0.05) is 12.3 Å². The van der Waals surface area contributed by atoms with E-state index in [0.29, 0.717) is 13.2 Å². The standard InChI is InChI=1S/C25H28N4O2S/c1-4-12-28(13-5-1)14-16-32-25-27-26-24(29(25)18-23-9-6-15-30-23)19-31-22-11-10-20-7-2-3-8-21(20)17-22/h2-3,6-11,15,17H,1,4-5,12-14,16,18-19H2. The normalized spacial score (nSPS) is 14.8. The first-order valence-corrected chi connectivity index (χ1v) is 12.2. The van der Waals surface area contributed by atoms with Crippen LogP contribution in [-0.4, -0.2) is 45.1 Å². The molecule has 0 saturated carbocycles. The molecule has 0 spiro atoms. The quantitative estimate of drug-likeness (QED) is 0.327. The van der Waals surface area contributed by atoms with Crippen LogP contribution < -0.4 is 4.74 Å². The molecule has 1 saturated heterocycles. The third-order valence-corrected chi connectivity index (χ3v) is 6.81. The highest BCUT2D eigenvalue weighted by Crippen LogP contribution is 2.23. The number of furan rings is 1. The van der Waals surface area contributed by atoms with Crippen molar-refractivity contribution in [1.29, 1.82) is 0 Å². The topological polar surface area (TPSA) is 56.3 Å². The van der Waals surface area contributed by atoms with Crippen molar-refractivity contribution in [2.45, 2.75) is 37.6 Å². The molecular weight excluding hydrogens is 420 g/mol. The minimum Gasteiger partial charge on any atom is -0.486 e. The summed E-state index contributed by atoms with van der Waals surface area (Å²) in [5.41, 5.74) is 0. The Balaban J connectivity index is 1.28. The Labute approximate surface area is 192 Å². The first-order chi connectivity index (χ1) is 15.8. The van der Waals surface area contributed by atoms with Crippen LogP contribution in [0.15, 0.2) is 70.4 Å². The number of thioether (sulfide) groups is 1. The van der Waals surface area contributed by atoms with E-state index in [-0.39, 0.29) is 0 Å². The summed E-state index contributed by atoms with van der Waals surface area (Å²) in [6.45, 7) is 4.47. The van der Waals surface area contributed by atoms with E-state index in [2.05, 4.69) is 43.9 Å². The number of fused-ring (bicyclic) bond motifs is 1. The van der Waals surface area contributed by atoms with Crippen LogP contribution in [0.1, 0.15) is 30.8 Å². The number of likely N-dealkylation sites (tertiary alicyclic amines) is 1. The fourth-order valence-corrected chi connectivity index (χ4v) is 5.06. The third kappa shape index (κ3) is 5.16. The SMILES string of the molecule is c1coc(Cn2c(COc3ccc4ccccc4c3)nnc2SCCN2CCCCC2)c1. The van der Waals surface area contributed by atoms with E-state index in [1.807, 2.05) is 30.3 Å². The molecule has 0 amide bonds. The molecule has 1 aliphatic heterocycles. The zero-order valence-corrected chi connectivity index (χ0v) is 19.0. The second-order valence-electron chi connectivity index (χ2n) is 8.11. The van der Waals surface area contributed by atoms with Gasteiger partial charge in [-0.25, -0.2) is 0 Å². The predicted molar refractivity (Wildman–Crippen MR) is 127 cm³/mol. The molecule has 0 aliphatic carbocycles. The van der Waals surface area contributed by atoms with Gasteiger partial charge in [-0.15, -0.1) is 10.2 Å². The predicted octanol–water partition coefficient (Wildman–Crippen LogP) is 5.23. The van der Waals surface area contributed by atoms with Crippen LogP contribution in [0, 0.1) is 0 Å². The fraction of sp³-hybridized carbons (Fsp3) is 0.360. The number of nitrogens with zero attached hydrogens (tertiary/aromatic N) is 4. The average molecular weight is 449 g/mol. The Morgan fingerprint density at radius 1 is 0.938 bits per heavy atom. The van der Waals surface area contributed by atoms with Crippen molar-refractivity contribution >= 4 is 22.5 Å². The molecule has 0 atom stereocenters. The molecule has 166 valence electrons. The highest BCUT2D eigenvalue weighted by atomic mass is 32.2. The summed E-state index contributed by atoms with van der Waals surface area (Å²) in [5.74, 6) is 3.52. The molecule has 7 heteroatoms. The Morgan fingerprint density at radius 2 is 1.81 bits per heavy atom. The van der Waals surface area contributed by atoms with E-state index in [0.717, 1.165) is 40.2 Å². The van der Waals surface area contributed by atoms with Gasteiger partial charge in [-0.3, -0.25) is 4.57 Å². The van der Waals surface area contributed by atoms with Crippen molar-refractivity contribution in [3.05, 3.63) is 72.4 Å². The maximum atomic E-state index is 6.10. The van der Waals surface area contributed by atoms with E-state index in [1.54, 1.807) is 18.0 Å². The van der Waals surface area contributed by atoms with Crippen molar-refractivity contribution in [1.82, 2.24) is 19.7 Å². The summed E-state index contributed by atoms with van der Waals surface area (Å²) >= 11 is 1.76. The summed E-state index contributed by atoms with van der Waals surface area (Å²) in [7, 11) is 0. The smallest absolute Gasteiger partial charge is 0.191 e. The Hall–Kier alpha value is -2.77. The minimum atomic E-state index is 0.360. The number of piperidine rings is 1. The van der Waals surface area contributed by atoms with E-state index in [1.165, 1.54) is 37.7 Å². The third-order valence-electron chi connectivity index (χ3n) is 5.86. The summed E-state index contributed by atoms with van der Waals surface area (Å²) in [5, 5.41) is 12.2. The lowest BCUT2D eigenvalue weighted by atomic mass is 10.1. The van der Waals surface area contributed by atoms with E-state index in [9.17, 15) is 0 Å². The molecule has 0 radical (unpaired) electrons. The molecule has 2 aromatic heterocycles. The molecule has 3 heterocycles. The monoisotopic (exact) mass is 448 g/mol. The zero-order chi connectivity index (χ0) is 21.6. The molecule has 2 aromatic carbocycles. The molecule has 5 rings (SSSR count). The van der Waals surface area contributed by atoms with Crippen molar-refractivity contribution in [3.63, 3.8) is 0 Å². The molecule has 1 fully saturated rings. The van der Waals surface area contributed by atoms with Gasteiger partial charge in [-0.05, 0) is 61.0 Å². The summed E-state index contributed by atoms with van der Waals surface area (Å²) in [4.78, 5) is 2.55. The molecule has 0 N–H and O–H groups in total. The van der Waals surface area contributed by atoms with Gasteiger partial charge >= 0.3 is 0 Å². The largest absolute Gasteiger partial charge is 0.486 e. The Kier molecular flexibility index (Phi) is 6.75. The summed E-state index contributed by atoms with van der Waals surface area (Å²) < 4.78 is 13.8. The number of rotatable bonds is 9. The van der Waals surface area contributed by atoms with Gasteiger partial charge in [-0.1, -0.05) is 48.5 Å². The molecule has 32 heavy (non-hydrogen) atoms. The van der Waals surface area contributed by atoms with Crippen LogP contribution in [0.4, 0.5) is 0 Å². The molecular formula is C25H28N4O2S. The second-order valence-corrected chi connectivity index (χ2v) is 9.17. The Morgan fingerprint density at radius 3 is 2.66 bits per heavy atom. The lowest BCUT2D eigenvalue weighted by molar-refractivity contribution is 0.242. The fourth-order valence-electron chi connectivity index (χ4n) is 4.10. The molecule has 0 unspecified atom stereocenters. The second kappa shape index (κ2) is 10.2. The number of hydrogen-bond donors (Lipinski definition) is 0. The van der Waals surface area contributed by atoms with Crippen LogP contribution in [0.3, 0.4) is 0 Å². The van der Waals surface area contributed by atoms with Crippen LogP contribution in [0.5, 0.6) is 5.75 Å². The van der Waals surface area contributed by atoms with E-state index < -0.39 is 0 Å². The zero-order valence-electron chi connectivity index (χ0n) is 18.2. The first kappa shape index (κ1) is 21.1. The summed E-state index contributed by atoms with van der Waals surface area (Å²) in [6.07, 6.45) is 5.70. The summed E-state index contributed by atoms with van der Waals surface area (Å²) in [6, 6.07) is 18.3. The van der Waals surface area contributed by atoms with Crippen molar-refractivity contribution in [2.75, 3.05) is 25.4 Å². The van der Waals surface area contributed by atoms with Crippen molar-refractivity contribution in [2.24, 2.45) is 0 Å². The highest BCUT2D eigenvalue weighted by Gasteiger charge is 2.16. The maximum absolute atomic E-state index is 6.10. The van der Waals surface area contributed by atoms with Crippen LogP contribution in [0.2, 0.25) is 0 Å². The average Bonchev–Trinajstić information content (AvgIpc) is 3.49. The maximum Gasteiger partial charge on any atom is 0.191 e. The molecule has 1 aliphatic rings. The van der Waals surface area contributed by atoms with Gasteiger partial charge in [-0.2, -0.15) is 0 Å². The van der Waals surface area contributed by atoms with Gasteiger partial charge in [0.15, 0.2) is 11.0 Å². The van der Waals surface area contributed by atoms with Gasteiger partial charge in [0.1, 0.15) is 18.1 Å². The van der Waals surface area contributed by atoms with E-state index >= 15 is 0 Å². The van der Waals surface area contributed by atoms with Crippen molar-refractivity contribution in [3.8, 4) is 5.75 Å². The van der Waals surface area contributed by atoms with Gasteiger partial charge < -0.3 is 14.1 Å². The minimum absolute atomic E-state index is 0.360. The number of aromatic nitrogens is 3. The Bertz CT molecular complexity index is 1140. The van der Waals surface area contributed by atoms with Crippen LogP contribution in [0.25, 0.3) is 10.8 Å². The lowest BCUT2D eigenvalue weighted by Crippen LogP contribution is -2.31.